The fraction of sp³-hybridized carbons (Fsp3) is 0. The first-order chi connectivity index (χ1) is 4.54. The molecule has 0 aliphatic heterocycles. The van der Waals surface area contributed by atoms with Crippen LogP contribution >= 0.6 is 0 Å². The van der Waals surface area contributed by atoms with Gasteiger partial charge in [-0.05, 0) is 0 Å². The molecule has 0 unspecified atom stereocenters. The predicted molar refractivity (Wildman–Crippen MR) is 35.7 cm³/mol. The van der Waals surface area contributed by atoms with E-state index in [9.17, 15) is 9.59 Å². The molecule has 5 heteroatoms. The molecule has 0 bridgehead atoms. The van der Waals surface area contributed by atoms with Gasteiger partial charge in [0.05, 0.1) is 0 Å². The second kappa shape index (κ2) is 11.8. The van der Waals surface area contributed by atoms with E-state index >= 15 is 0 Å². The van der Waals surface area contributed by atoms with Gasteiger partial charge in [0.1, 0.15) is 0 Å². The van der Waals surface area contributed by atoms with Crippen LogP contribution in [0.2, 0.25) is 0 Å². The van der Waals surface area contributed by atoms with Gasteiger partial charge >= 0.3 is 11.9 Å². The molecular formula is C6H8O4Pd. The van der Waals surface area contributed by atoms with E-state index in [1.165, 1.54) is 0 Å². The van der Waals surface area contributed by atoms with E-state index in [0.717, 1.165) is 12.2 Å². The molecule has 0 radical (unpaired) electrons. The molecule has 0 atom stereocenters. The van der Waals surface area contributed by atoms with Gasteiger partial charge in [0.15, 0.2) is 0 Å². The average molecular weight is 251 g/mol. The molecule has 0 aromatic heterocycles. The van der Waals surface area contributed by atoms with Crippen molar-refractivity contribution in [3.8, 4) is 0 Å². The Balaban J connectivity index is -0.000000107. The van der Waals surface area contributed by atoms with Crippen molar-refractivity contribution in [2.24, 2.45) is 0 Å². The van der Waals surface area contributed by atoms with Gasteiger partial charge in [-0.3, -0.25) is 0 Å². The SMILES string of the molecule is C=CC(=O)O.C=CC(=O)O.[Pd]. The Hall–Kier alpha value is -0.918. The molecule has 0 aliphatic carbocycles. The van der Waals surface area contributed by atoms with Crippen molar-refractivity contribution in [1.82, 2.24) is 0 Å². The van der Waals surface area contributed by atoms with E-state index in [1.54, 1.807) is 0 Å². The molecule has 0 spiro atoms. The molecule has 0 rings (SSSR count). The maximum Gasteiger partial charge on any atom is 0.327 e. The van der Waals surface area contributed by atoms with Crippen molar-refractivity contribution in [3.63, 3.8) is 0 Å². The minimum atomic E-state index is -0.981. The molecule has 0 fully saturated rings. The van der Waals surface area contributed by atoms with Crippen LogP contribution < -0.4 is 0 Å². The minimum absolute atomic E-state index is 0. The average Bonchev–Trinajstić information content (AvgIpc) is 1.89. The molecule has 11 heavy (non-hydrogen) atoms. The van der Waals surface area contributed by atoms with E-state index in [-0.39, 0.29) is 20.4 Å². The first-order valence-corrected chi connectivity index (χ1v) is 2.25. The molecule has 0 aromatic rings. The molecule has 0 aliphatic rings. The number of rotatable bonds is 2. The van der Waals surface area contributed by atoms with Crippen LogP contribution in [0.3, 0.4) is 0 Å². The number of carbonyl (C=O) groups is 2. The standard InChI is InChI=1S/2C3H4O2.Pd/c2*1-2-3(4)5;/h2*2H,1H2,(H,4,5);. The van der Waals surface area contributed by atoms with Crippen molar-refractivity contribution in [2.45, 2.75) is 0 Å². The Morgan fingerprint density at radius 3 is 1.09 bits per heavy atom. The third-order valence-electron chi connectivity index (χ3n) is 0.349. The van der Waals surface area contributed by atoms with Crippen molar-refractivity contribution in [2.75, 3.05) is 0 Å². The van der Waals surface area contributed by atoms with E-state index in [0.29, 0.717) is 0 Å². The van der Waals surface area contributed by atoms with E-state index in [2.05, 4.69) is 13.2 Å². The van der Waals surface area contributed by atoms with Gasteiger partial charge in [-0.1, -0.05) is 13.2 Å². The van der Waals surface area contributed by atoms with Crippen molar-refractivity contribution >= 4 is 11.9 Å². The summed E-state index contributed by atoms with van der Waals surface area (Å²) in [6.07, 6.45) is 1.67. The minimum Gasteiger partial charge on any atom is -0.478 e. The molecule has 4 nitrogen and oxygen atoms in total. The smallest absolute Gasteiger partial charge is 0.327 e. The molecule has 2 N–H and O–H groups in total. The maximum absolute atomic E-state index is 9.25. The summed E-state index contributed by atoms with van der Waals surface area (Å²) in [5, 5.41) is 15.2. The summed E-state index contributed by atoms with van der Waals surface area (Å²) in [5.74, 6) is -1.96. The number of aliphatic carboxylic acids is 2. The molecular weight excluding hydrogens is 242 g/mol. The van der Waals surface area contributed by atoms with Crippen LogP contribution in [-0.2, 0) is 30.0 Å². The molecule has 0 heterocycles. The van der Waals surface area contributed by atoms with E-state index < -0.39 is 11.9 Å². The summed E-state index contributed by atoms with van der Waals surface area (Å²) < 4.78 is 0. The Bertz CT molecular complexity index is 135. The largest absolute Gasteiger partial charge is 0.478 e. The fourth-order valence-electron chi connectivity index (χ4n) is 0. The fourth-order valence-corrected chi connectivity index (χ4v) is 0. The zero-order valence-corrected chi connectivity index (χ0v) is 7.15. The van der Waals surface area contributed by atoms with E-state index in [4.69, 9.17) is 10.2 Å². The molecule has 0 saturated carbocycles. The number of hydrogen-bond acceptors (Lipinski definition) is 2. The summed E-state index contributed by atoms with van der Waals surface area (Å²) in [7, 11) is 0. The number of carboxylic acids is 2. The second-order valence-electron chi connectivity index (χ2n) is 1.08. The van der Waals surface area contributed by atoms with Crippen molar-refractivity contribution in [3.05, 3.63) is 25.3 Å². The predicted octanol–water partition coefficient (Wildman–Crippen LogP) is 0.512. The molecule has 0 amide bonds. The summed E-state index contributed by atoms with van der Waals surface area (Å²) in [5.41, 5.74) is 0. The Labute approximate surface area is 77.9 Å². The van der Waals surface area contributed by atoms with E-state index in [1.807, 2.05) is 0 Å². The monoisotopic (exact) mass is 250 g/mol. The van der Waals surface area contributed by atoms with Crippen LogP contribution in [0.4, 0.5) is 0 Å². The first-order valence-electron chi connectivity index (χ1n) is 2.25. The van der Waals surface area contributed by atoms with Crippen LogP contribution in [0.15, 0.2) is 25.3 Å². The summed E-state index contributed by atoms with van der Waals surface area (Å²) in [6, 6.07) is 0. The van der Waals surface area contributed by atoms with Crippen molar-refractivity contribution < 1.29 is 40.2 Å². The zero-order chi connectivity index (χ0) is 8.57. The summed E-state index contributed by atoms with van der Waals surface area (Å²) >= 11 is 0. The van der Waals surface area contributed by atoms with Gasteiger partial charge in [-0.15, -0.1) is 0 Å². The van der Waals surface area contributed by atoms with Crippen LogP contribution in [0.5, 0.6) is 0 Å². The topological polar surface area (TPSA) is 74.6 Å². The maximum atomic E-state index is 9.25. The Morgan fingerprint density at radius 2 is 1.09 bits per heavy atom. The molecule has 0 aromatic carbocycles. The molecule has 0 saturated heterocycles. The van der Waals surface area contributed by atoms with Gasteiger partial charge < -0.3 is 10.2 Å². The number of hydrogen-bond donors (Lipinski definition) is 2. The molecule has 66 valence electrons. The van der Waals surface area contributed by atoms with Crippen LogP contribution in [-0.4, -0.2) is 22.2 Å². The zero-order valence-electron chi connectivity index (χ0n) is 5.60. The van der Waals surface area contributed by atoms with Gasteiger partial charge in [-0.25, -0.2) is 9.59 Å². The number of carboxylic acid groups (broad SMARTS) is 2. The van der Waals surface area contributed by atoms with Gasteiger partial charge in [-0.2, -0.15) is 0 Å². The summed E-state index contributed by atoms with van der Waals surface area (Å²) in [6.45, 7) is 5.92. The van der Waals surface area contributed by atoms with Gasteiger partial charge in [0, 0.05) is 32.6 Å². The normalized spacial score (nSPS) is 5.82. The van der Waals surface area contributed by atoms with Gasteiger partial charge in [0.2, 0.25) is 0 Å². The third kappa shape index (κ3) is 48.0. The first kappa shape index (κ1) is 16.6. The third-order valence-corrected chi connectivity index (χ3v) is 0.349. The van der Waals surface area contributed by atoms with Crippen LogP contribution in [0, 0.1) is 0 Å². The van der Waals surface area contributed by atoms with Gasteiger partial charge in [0.25, 0.3) is 0 Å². The Kier molecular flexibility index (Phi) is 17.8. The summed E-state index contributed by atoms with van der Waals surface area (Å²) in [4.78, 5) is 18.5. The Morgan fingerprint density at radius 1 is 1.00 bits per heavy atom. The second-order valence-corrected chi connectivity index (χ2v) is 1.08. The van der Waals surface area contributed by atoms with Crippen LogP contribution in [0.25, 0.3) is 0 Å². The van der Waals surface area contributed by atoms with Crippen LogP contribution in [0.1, 0.15) is 0 Å². The quantitative estimate of drug-likeness (QED) is 0.553. The van der Waals surface area contributed by atoms with Crippen molar-refractivity contribution in [1.29, 1.82) is 0 Å².